The van der Waals surface area contributed by atoms with Crippen LogP contribution in [-0.4, -0.2) is 58.0 Å². The van der Waals surface area contributed by atoms with E-state index in [0.29, 0.717) is 23.5 Å². The molecule has 4 rings (SSSR count). The molecule has 1 aliphatic carbocycles. The minimum absolute atomic E-state index is 0.353. The van der Waals surface area contributed by atoms with Gasteiger partial charge in [0.2, 0.25) is 5.91 Å². The summed E-state index contributed by atoms with van der Waals surface area (Å²) < 4.78 is 0. The lowest BCUT2D eigenvalue weighted by Crippen LogP contribution is -2.34. The van der Waals surface area contributed by atoms with Crippen LogP contribution in [0.4, 0.5) is 5.82 Å². The molecule has 0 N–H and O–H groups in total. The standard InChI is InChI=1S/C18H26N4OS/c1-13-6-17(20-12-19-13)21-7-14-9-22(10-15(14)8-21)18(23)11-24-16-4-2-3-5-16/h6,12,14-16H,2-5,7-11H2,1H3. The summed E-state index contributed by atoms with van der Waals surface area (Å²) in [5.41, 5.74) is 1.01. The lowest BCUT2D eigenvalue weighted by atomic mass is 10.0. The predicted octanol–water partition coefficient (Wildman–Crippen LogP) is 2.36. The number of hydrogen-bond donors (Lipinski definition) is 0. The number of nitrogens with zero attached hydrogens (tertiary/aromatic N) is 4. The zero-order valence-electron chi connectivity index (χ0n) is 14.4. The Morgan fingerprint density at radius 1 is 1.17 bits per heavy atom. The summed E-state index contributed by atoms with van der Waals surface area (Å²) in [7, 11) is 0. The first-order valence-corrected chi connectivity index (χ1v) is 10.2. The van der Waals surface area contributed by atoms with Gasteiger partial charge in [-0.3, -0.25) is 4.79 Å². The Kier molecular flexibility index (Phi) is 4.66. The van der Waals surface area contributed by atoms with E-state index in [1.54, 1.807) is 6.33 Å². The number of carbonyl (C=O) groups excluding carboxylic acids is 1. The van der Waals surface area contributed by atoms with Crippen molar-refractivity contribution >= 4 is 23.5 Å². The van der Waals surface area contributed by atoms with Crippen molar-refractivity contribution < 1.29 is 4.79 Å². The van der Waals surface area contributed by atoms with Crippen LogP contribution >= 0.6 is 11.8 Å². The molecule has 2 unspecified atom stereocenters. The van der Waals surface area contributed by atoms with Gasteiger partial charge in [-0.15, -0.1) is 11.8 Å². The Morgan fingerprint density at radius 3 is 2.54 bits per heavy atom. The molecule has 5 nitrogen and oxygen atoms in total. The van der Waals surface area contributed by atoms with Gasteiger partial charge in [-0.2, -0.15) is 0 Å². The maximum atomic E-state index is 12.5. The van der Waals surface area contributed by atoms with Crippen molar-refractivity contribution in [2.75, 3.05) is 36.8 Å². The Labute approximate surface area is 148 Å². The molecule has 0 radical (unpaired) electrons. The smallest absolute Gasteiger partial charge is 0.232 e. The fourth-order valence-electron chi connectivity index (χ4n) is 4.33. The maximum Gasteiger partial charge on any atom is 0.232 e. The highest BCUT2D eigenvalue weighted by molar-refractivity contribution is 8.00. The van der Waals surface area contributed by atoms with Gasteiger partial charge in [0.25, 0.3) is 0 Å². The lowest BCUT2D eigenvalue weighted by Gasteiger charge is -2.23. The Morgan fingerprint density at radius 2 is 1.88 bits per heavy atom. The molecule has 2 saturated heterocycles. The van der Waals surface area contributed by atoms with E-state index in [-0.39, 0.29) is 0 Å². The van der Waals surface area contributed by atoms with E-state index >= 15 is 0 Å². The molecule has 24 heavy (non-hydrogen) atoms. The Bertz CT molecular complexity index is 590. The average Bonchev–Trinajstić information content (AvgIpc) is 3.28. The number of aryl methyl sites for hydroxylation is 1. The maximum absolute atomic E-state index is 12.5. The van der Waals surface area contributed by atoms with Gasteiger partial charge in [0, 0.05) is 55.0 Å². The number of likely N-dealkylation sites (tertiary alicyclic amines) is 1. The molecule has 6 heteroatoms. The van der Waals surface area contributed by atoms with Crippen LogP contribution in [0, 0.1) is 18.8 Å². The molecule has 1 aromatic heterocycles. The molecule has 2 aliphatic heterocycles. The summed E-state index contributed by atoms with van der Waals surface area (Å²) in [5.74, 6) is 3.26. The summed E-state index contributed by atoms with van der Waals surface area (Å²) in [5, 5.41) is 0.729. The van der Waals surface area contributed by atoms with E-state index in [1.165, 1.54) is 25.7 Å². The van der Waals surface area contributed by atoms with Crippen LogP contribution in [-0.2, 0) is 4.79 Å². The highest BCUT2D eigenvalue weighted by atomic mass is 32.2. The minimum Gasteiger partial charge on any atom is -0.356 e. The van der Waals surface area contributed by atoms with Crippen LogP contribution in [0.3, 0.4) is 0 Å². The van der Waals surface area contributed by atoms with Gasteiger partial charge in [0.15, 0.2) is 0 Å². The van der Waals surface area contributed by atoms with Gasteiger partial charge >= 0.3 is 0 Å². The number of anilines is 1. The first kappa shape index (κ1) is 16.2. The molecule has 3 heterocycles. The fourth-order valence-corrected chi connectivity index (χ4v) is 5.56. The largest absolute Gasteiger partial charge is 0.356 e. The second-order valence-corrected chi connectivity index (χ2v) is 8.75. The van der Waals surface area contributed by atoms with Crippen molar-refractivity contribution in [2.24, 2.45) is 11.8 Å². The van der Waals surface area contributed by atoms with Crippen molar-refractivity contribution in [2.45, 2.75) is 37.9 Å². The molecule has 0 bridgehead atoms. The van der Waals surface area contributed by atoms with E-state index in [1.807, 2.05) is 18.7 Å². The summed E-state index contributed by atoms with van der Waals surface area (Å²) >= 11 is 1.89. The van der Waals surface area contributed by atoms with Gasteiger partial charge in [-0.25, -0.2) is 9.97 Å². The summed E-state index contributed by atoms with van der Waals surface area (Å²) in [6, 6.07) is 2.06. The summed E-state index contributed by atoms with van der Waals surface area (Å²) in [4.78, 5) is 25.6. The van der Waals surface area contributed by atoms with E-state index in [0.717, 1.165) is 42.9 Å². The first-order valence-electron chi connectivity index (χ1n) is 9.12. The zero-order valence-corrected chi connectivity index (χ0v) is 15.2. The quantitative estimate of drug-likeness (QED) is 0.838. The molecular weight excluding hydrogens is 320 g/mol. The molecule has 1 saturated carbocycles. The van der Waals surface area contributed by atoms with Crippen LogP contribution in [0.5, 0.6) is 0 Å². The van der Waals surface area contributed by atoms with Crippen molar-refractivity contribution in [3.05, 3.63) is 18.1 Å². The monoisotopic (exact) mass is 346 g/mol. The second kappa shape index (κ2) is 6.90. The van der Waals surface area contributed by atoms with Crippen molar-refractivity contribution in [3.8, 4) is 0 Å². The van der Waals surface area contributed by atoms with E-state index in [4.69, 9.17) is 0 Å². The number of thioether (sulfide) groups is 1. The number of hydrogen-bond acceptors (Lipinski definition) is 5. The third kappa shape index (κ3) is 3.39. The normalized spacial score (nSPS) is 27.0. The lowest BCUT2D eigenvalue weighted by molar-refractivity contribution is -0.127. The molecule has 0 spiro atoms. The van der Waals surface area contributed by atoms with Gasteiger partial charge in [0.1, 0.15) is 12.1 Å². The Hall–Kier alpha value is -1.30. The van der Waals surface area contributed by atoms with Crippen LogP contribution in [0.1, 0.15) is 31.4 Å². The number of rotatable bonds is 4. The van der Waals surface area contributed by atoms with Crippen molar-refractivity contribution in [1.29, 1.82) is 0 Å². The van der Waals surface area contributed by atoms with E-state index in [2.05, 4.69) is 25.8 Å². The minimum atomic E-state index is 0.353. The molecule has 0 aromatic carbocycles. The number of fused-ring (bicyclic) bond motifs is 1. The van der Waals surface area contributed by atoms with Crippen molar-refractivity contribution in [1.82, 2.24) is 14.9 Å². The van der Waals surface area contributed by atoms with Crippen LogP contribution in [0.25, 0.3) is 0 Å². The van der Waals surface area contributed by atoms with Gasteiger partial charge in [-0.05, 0) is 19.8 Å². The van der Waals surface area contributed by atoms with Gasteiger partial charge < -0.3 is 9.80 Å². The third-order valence-corrected chi connectivity index (χ3v) is 7.05. The SMILES string of the molecule is Cc1cc(N2CC3CN(C(=O)CSC4CCCC4)CC3C2)ncn1. The Balaban J connectivity index is 1.28. The highest BCUT2D eigenvalue weighted by Gasteiger charge is 2.41. The molecule has 2 atom stereocenters. The van der Waals surface area contributed by atoms with Crippen LogP contribution in [0.15, 0.2) is 12.4 Å². The number of carbonyl (C=O) groups is 1. The van der Waals surface area contributed by atoms with Crippen LogP contribution in [0.2, 0.25) is 0 Å². The second-order valence-electron chi connectivity index (χ2n) is 7.46. The average molecular weight is 347 g/mol. The molecule has 1 aromatic rings. The first-order chi connectivity index (χ1) is 11.7. The predicted molar refractivity (Wildman–Crippen MR) is 97.3 cm³/mol. The van der Waals surface area contributed by atoms with Crippen LogP contribution < -0.4 is 4.90 Å². The summed E-state index contributed by atoms with van der Waals surface area (Å²) in [6.45, 7) is 5.89. The van der Waals surface area contributed by atoms with Crippen molar-refractivity contribution in [3.63, 3.8) is 0 Å². The fraction of sp³-hybridized carbons (Fsp3) is 0.722. The highest BCUT2D eigenvalue weighted by Crippen LogP contribution is 2.34. The third-order valence-electron chi connectivity index (χ3n) is 5.70. The molecular formula is C18H26N4OS. The molecule has 1 amide bonds. The van der Waals surface area contributed by atoms with Gasteiger partial charge in [0.05, 0.1) is 5.75 Å². The van der Waals surface area contributed by atoms with E-state index < -0.39 is 0 Å². The number of amides is 1. The number of aromatic nitrogens is 2. The molecule has 3 fully saturated rings. The topological polar surface area (TPSA) is 49.3 Å². The molecule has 3 aliphatic rings. The van der Waals surface area contributed by atoms with E-state index in [9.17, 15) is 4.79 Å². The zero-order chi connectivity index (χ0) is 16.5. The summed E-state index contributed by atoms with van der Waals surface area (Å²) in [6.07, 6.45) is 6.94. The molecule has 130 valence electrons. The van der Waals surface area contributed by atoms with Gasteiger partial charge in [-0.1, -0.05) is 12.8 Å².